The number of anilines is 1. The molecule has 5 nitrogen and oxygen atoms in total. The van der Waals surface area contributed by atoms with Gasteiger partial charge in [0.05, 0.1) is 15.7 Å². The molecule has 124 valence electrons. The van der Waals surface area contributed by atoms with Crippen LogP contribution in [0.1, 0.15) is 36.2 Å². The second-order valence-corrected chi connectivity index (χ2v) is 8.02. The zero-order valence-electron chi connectivity index (χ0n) is 13.4. The zero-order valence-corrected chi connectivity index (χ0v) is 15.0. The number of nitrogens with zero attached hydrogens (tertiary/aromatic N) is 3. The van der Waals surface area contributed by atoms with Gasteiger partial charge in [0, 0.05) is 30.6 Å². The molecule has 2 aromatic heterocycles. The van der Waals surface area contributed by atoms with Gasteiger partial charge in [0.15, 0.2) is 5.13 Å². The molecule has 1 N–H and O–H groups in total. The van der Waals surface area contributed by atoms with Crippen molar-refractivity contribution in [3.05, 3.63) is 40.3 Å². The van der Waals surface area contributed by atoms with Gasteiger partial charge in [-0.15, -0.1) is 22.7 Å². The quantitative estimate of drug-likeness (QED) is 0.764. The first kappa shape index (κ1) is 15.7. The molecular weight excluding hydrogens is 340 g/mol. The summed E-state index contributed by atoms with van der Waals surface area (Å²) in [7, 11) is 0. The van der Waals surface area contributed by atoms with Crippen LogP contribution in [0.4, 0.5) is 5.13 Å². The number of likely N-dealkylation sites (tertiary alicyclic amines) is 1. The van der Waals surface area contributed by atoms with Crippen LogP contribution in [0, 0.1) is 0 Å². The summed E-state index contributed by atoms with van der Waals surface area (Å²) in [4.78, 5) is 23.5. The van der Waals surface area contributed by atoms with E-state index in [1.165, 1.54) is 34.9 Å². The number of nitrogens with one attached hydrogen (secondary N) is 1. The van der Waals surface area contributed by atoms with Crippen molar-refractivity contribution in [3.63, 3.8) is 0 Å². The Morgan fingerprint density at radius 3 is 3.21 bits per heavy atom. The van der Waals surface area contributed by atoms with Crippen LogP contribution in [0.15, 0.2) is 29.9 Å². The molecule has 24 heavy (non-hydrogen) atoms. The molecule has 0 bridgehead atoms. The van der Waals surface area contributed by atoms with E-state index in [1.54, 1.807) is 22.7 Å². The lowest BCUT2D eigenvalue weighted by molar-refractivity contribution is -0.114. The maximum absolute atomic E-state index is 11.1. The van der Waals surface area contributed by atoms with Crippen molar-refractivity contribution in [2.45, 2.75) is 32.4 Å². The van der Waals surface area contributed by atoms with Crippen molar-refractivity contribution in [1.82, 2.24) is 14.9 Å². The average Bonchev–Trinajstić information content (AvgIpc) is 3.27. The fourth-order valence-corrected chi connectivity index (χ4v) is 4.81. The third-order valence-corrected chi connectivity index (χ3v) is 6.01. The Morgan fingerprint density at radius 2 is 2.33 bits per heavy atom. The highest BCUT2D eigenvalue weighted by Crippen LogP contribution is 2.35. The van der Waals surface area contributed by atoms with E-state index in [4.69, 9.17) is 0 Å². The molecule has 0 spiro atoms. The van der Waals surface area contributed by atoms with Gasteiger partial charge in [-0.05, 0) is 37.1 Å². The summed E-state index contributed by atoms with van der Waals surface area (Å²) < 4.78 is 1.24. The molecule has 1 saturated heterocycles. The van der Waals surface area contributed by atoms with Crippen LogP contribution in [0.2, 0.25) is 0 Å². The fourth-order valence-electron chi connectivity index (χ4n) is 3.26. The number of aromatic nitrogens is 2. The van der Waals surface area contributed by atoms with E-state index < -0.39 is 0 Å². The standard InChI is InChI=1S/C17H18N4OS2/c1-11(22)20-17-18-8-13(24-17)9-21-6-2-3-15(21)12-4-5-16-14(7-12)19-10-23-16/h4-5,7-8,10,15H,2-3,6,9H2,1H3,(H,18,20,22)/t15-/m1/s1. The Balaban J connectivity index is 1.52. The lowest BCUT2D eigenvalue weighted by Gasteiger charge is -2.24. The average molecular weight is 358 g/mol. The smallest absolute Gasteiger partial charge is 0.223 e. The largest absolute Gasteiger partial charge is 0.302 e. The van der Waals surface area contributed by atoms with Crippen molar-refractivity contribution in [2.75, 3.05) is 11.9 Å². The number of benzene rings is 1. The number of rotatable bonds is 4. The minimum absolute atomic E-state index is 0.0773. The van der Waals surface area contributed by atoms with Crippen LogP contribution in [-0.2, 0) is 11.3 Å². The second-order valence-electron chi connectivity index (χ2n) is 6.02. The predicted octanol–water partition coefficient (Wildman–Crippen LogP) is 4.05. The van der Waals surface area contributed by atoms with Gasteiger partial charge >= 0.3 is 0 Å². The van der Waals surface area contributed by atoms with Crippen molar-refractivity contribution in [2.24, 2.45) is 0 Å². The Bertz CT molecular complexity index is 872. The number of fused-ring (bicyclic) bond motifs is 1. The van der Waals surface area contributed by atoms with E-state index in [0.717, 1.165) is 18.6 Å². The molecule has 1 fully saturated rings. The zero-order chi connectivity index (χ0) is 16.5. The molecule has 0 unspecified atom stereocenters. The van der Waals surface area contributed by atoms with Gasteiger partial charge in [-0.25, -0.2) is 9.97 Å². The second kappa shape index (κ2) is 6.58. The lowest BCUT2D eigenvalue weighted by Crippen LogP contribution is -2.22. The van der Waals surface area contributed by atoms with E-state index in [2.05, 4.69) is 38.4 Å². The van der Waals surface area contributed by atoms with Crippen molar-refractivity contribution in [1.29, 1.82) is 0 Å². The molecule has 1 amide bonds. The van der Waals surface area contributed by atoms with E-state index in [1.807, 2.05) is 11.7 Å². The molecule has 1 aliphatic heterocycles. The molecule has 3 aromatic rings. The number of carbonyl (C=O) groups is 1. The third-order valence-electron chi connectivity index (χ3n) is 4.30. The number of carbonyl (C=O) groups excluding carboxylic acids is 1. The lowest BCUT2D eigenvalue weighted by atomic mass is 10.0. The molecule has 1 aromatic carbocycles. The number of thiazole rings is 2. The predicted molar refractivity (Wildman–Crippen MR) is 98.4 cm³/mol. The molecule has 7 heteroatoms. The topological polar surface area (TPSA) is 58.1 Å². The molecule has 0 radical (unpaired) electrons. The van der Waals surface area contributed by atoms with Crippen LogP contribution in [0.3, 0.4) is 0 Å². The van der Waals surface area contributed by atoms with Crippen LogP contribution in [0.25, 0.3) is 10.2 Å². The molecule has 1 aliphatic rings. The monoisotopic (exact) mass is 358 g/mol. The molecular formula is C17H18N4OS2. The van der Waals surface area contributed by atoms with Gasteiger partial charge in [-0.1, -0.05) is 6.07 Å². The van der Waals surface area contributed by atoms with E-state index in [-0.39, 0.29) is 5.91 Å². The molecule has 4 rings (SSSR count). The Labute approximate surface area is 148 Å². The summed E-state index contributed by atoms with van der Waals surface area (Å²) >= 11 is 3.24. The van der Waals surface area contributed by atoms with Crippen molar-refractivity contribution in [3.8, 4) is 0 Å². The first-order valence-corrected chi connectivity index (χ1v) is 9.68. The molecule has 1 atom stereocenters. The van der Waals surface area contributed by atoms with Gasteiger partial charge in [0.1, 0.15) is 0 Å². The van der Waals surface area contributed by atoms with Gasteiger partial charge in [-0.3, -0.25) is 9.69 Å². The first-order valence-electron chi connectivity index (χ1n) is 7.98. The number of amides is 1. The van der Waals surface area contributed by atoms with Gasteiger partial charge < -0.3 is 5.32 Å². The summed E-state index contributed by atoms with van der Waals surface area (Å²) in [5.74, 6) is -0.0773. The summed E-state index contributed by atoms with van der Waals surface area (Å²) in [5, 5.41) is 3.43. The van der Waals surface area contributed by atoms with Gasteiger partial charge in [0.25, 0.3) is 0 Å². The number of hydrogen-bond acceptors (Lipinski definition) is 6. The van der Waals surface area contributed by atoms with Crippen LogP contribution in [0.5, 0.6) is 0 Å². The highest BCUT2D eigenvalue weighted by Gasteiger charge is 2.26. The highest BCUT2D eigenvalue weighted by atomic mass is 32.1. The maximum Gasteiger partial charge on any atom is 0.223 e. The highest BCUT2D eigenvalue weighted by molar-refractivity contribution is 7.16. The van der Waals surface area contributed by atoms with Crippen molar-refractivity contribution < 1.29 is 4.79 Å². The van der Waals surface area contributed by atoms with E-state index >= 15 is 0 Å². The Hall–Kier alpha value is -1.83. The van der Waals surface area contributed by atoms with Crippen LogP contribution < -0.4 is 5.32 Å². The van der Waals surface area contributed by atoms with Crippen LogP contribution >= 0.6 is 22.7 Å². The summed E-state index contributed by atoms with van der Waals surface area (Å²) in [6, 6.07) is 7.08. The molecule has 3 heterocycles. The molecule has 0 aliphatic carbocycles. The van der Waals surface area contributed by atoms with E-state index in [9.17, 15) is 4.79 Å². The van der Waals surface area contributed by atoms with Gasteiger partial charge in [0.2, 0.25) is 5.91 Å². The minimum atomic E-state index is -0.0773. The summed E-state index contributed by atoms with van der Waals surface area (Å²) in [6.45, 7) is 3.47. The van der Waals surface area contributed by atoms with E-state index in [0.29, 0.717) is 11.2 Å². The minimum Gasteiger partial charge on any atom is -0.302 e. The maximum atomic E-state index is 11.1. The Morgan fingerprint density at radius 1 is 1.42 bits per heavy atom. The van der Waals surface area contributed by atoms with Crippen molar-refractivity contribution >= 4 is 43.9 Å². The SMILES string of the molecule is CC(=O)Nc1ncc(CN2CCC[C@@H]2c2ccc3scnc3c2)s1. The Kier molecular flexibility index (Phi) is 4.30. The first-order chi connectivity index (χ1) is 11.7. The molecule has 0 saturated carbocycles. The number of hydrogen-bond donors (Lipinski definition) is 1. The normalized spacial score (nSPS) is 18.3. The third kappa shape index (κ3) is 3.19. The fraction of sp³-hybridized carbons (Fsp3) is 0.353. The summed E-state index contributed by atoms with van der Waals surface area (Å²) in [6.07, 6.45) is 4.25. The van der Waals surface area contributed by atoms with Crippen LogP contribution in [-0.4, -0.2) is 27.3 Å². The van der Waals surface area contributed by atoms with Gasteiger partial charge in [-0.2, -0.15) is 0 Å². The summed E-state index contributed by atoms with van der Waals surface area (Å²) in [5.41, 5.74) is 4.34.